The van der Waals surface area contributed by atoms with Crippen molar-refractivity contribution in [3.8, 4) is 11.4 Å². The highest BCUT2D eigenvalue weighted by Crippen LogP contribution is 2.21. The topological polar surface area (TPSA) is 69.0 Å². The van der Waals surface area contributed by atoms with E-state index in [0.29, 0.717) is 11.4 Å². The molecule has 0 aliphatic rings. The number of hydrogen-bond donors (Lipinski definition) is 1. The molecule has 128 valence electrons. The molecule has 3 aromatic rings. The third kappa shape index (κ3) is 3.24. The van der Waals surface area contributed by atoms with E-state index in [2.05, 4.69) is 15.6 Å². The molecule has 2 aromatic carbocycles. The molecule has 0 saturated heterocycles. The van der Waals surface area contributed by atoms with Crippen LogP contribution in [0.3, 0.4) is 0 Å². The summed E-state index contributed by atoms with van der Waals surface area (Å²) in [7, 11) is 1.62. The quantitative estimate of drug-likeness (QED) is 0.792. The third-order valence-corrected chi connectivity index (χ3v) is 4.15. The maximum atomic E-state index is 12.6. The Kier molecular flexibility index (Phi) is 4.52. The number of carbonyl (C=O) groups is 1. The van der Waals surface area contributed by atoms with E-state index < -0.39 is 0 Å². The Morgan fingerprint density at radius 2 is 1.68 bits per heavy atom. The van der Waals surface area contributed by atoms with Gasteiger partial charge in [0.1, 0.15) is 5.75 Å². The van der Waals surface area contributed by atoms with Gasteiger partial charge in [-0.25, -0.2) is 4.68 Å². The number of hydrogen-bond acceptors (Lipinski definition) is 4. The molecular formula is C19H20N4O2. The summed E-state index contributed by atoms with van der Waals surface area (Å²) in [6.07, 6.45) is 0. The highest BCUT2D eigenvalue weighted by Gasteiger charge is 2.18. The normalized spacial score (nSPS) is 10.6. The van der Waals surface area contributed by atoms with Crippen molar-refractivity contribution < 1.29 is 9.53 Å². The Hall–Kier alpha value is -3.15. The summed E-state index contributed by atoms with van der Waals surface area (Å²) in [6, 6.07) is 13.3. The third-order valence-electron chi connectivity index (χ3n) is 4.15. The van der Waals surface area contributed by atoms with Gasteiger partial charge in [0, 0.05) is 5.69 Å². The van der Waals surface area contributed by atoms with Crippen molar-refractivity contribution in [2.45, 2.75) is 20.8 Å². The summed E-state index contributed by atoms with van der Waals surface area (Å²) in [4.78, 5) is 12.6. The van der Waals surface area contributed by atoms with Crippen LogP contribution >= 0.6 is 0 Å². The smallest absolute Gasteiger partial charge is 0.278 e. The van der Waals surface area contributed by atoms with Crippen LogP contribution in [0.25, 0.3) is 5.69 Å². The Morgan fingerprint density at radius 3 is 2.28 bits per heavy atom. The van der Waals surface area contributed by atoms with Gasteiger partial charge in [-0.1, -0.05) is 23.4 Å². The first-order chi connectivity index (χ1) is 12.0. The Balaban J connectivity index is 1.88. The van der Waals surface area contributed by atoms with Crippen LogP contribution in [0, 0.1) is 20.8 Å². The lowest BCUT2D eigenvalue weighted by atomic mass is 10.1. The van der Waals surface area contributed by atoms with Crippen molar-refractivity contribution >= 4 is 11.6 Å². The zero-order chi connectivity index (χ0) is 18.0. The number of aryl methyl sites for hydroxylation is 2. The van der Waals surface area contributed by atoms with Crippen LogP contribution in [0.1, 0.15) is 27.3 Å². The lowest BCUT2D eigenvalue weighted by Crippen LogP contribution is -2.15. The van der Waals surface area contributed by atoms with E-state index in [9.17, 15) is 4.79 Å². The van der Waals surface area contributed by atoms with Crippen molar-refractivity contribution in [3.05, 3.63) is 65.0 Å². The number of anilines is 1. The van der Waals surface area contributed by atoms with Gasteiger partial charge in [-0.15, -0.1) is 5.10 Å². The monoisotopic (exact) mass is 336 g/mol. The largest absolute Gasteiger partial charge is 0.497 e. The molecule has 0 radical (unpaired) electrons. The molecule has 3 rings (SSSR count). The first-order valence-electron chi connectivity index (χ1n) is 7.95. The molecule has 6 nitrogen and oxygen atoms in total. The zero-order valence-corrected chi connectivity index (χ0v) is 14.7. The number of rotatable bonds is 4. The second-order valence-electron chi connectivity index (χ2n) is 5.85. The second kappa shape index (κ2) is 6.76. The minimum atomic E-state index is -0.269. The van der Waals surface area contributed by atoms with E-state index in [0.717, 1.165) is 28.3 Å². The SMILES string of the molecule is COc1ccc(-n2nnc(C(=O)Nc3c(C)cccc3C)c2C)cc1. The van der Waals surface area contributed by atoms with Gasteiger partial charge >= 0.3 is 0 Å². The van der Waals surface area contributed by atoms with Gasteiger partial charge in [-0.3, -0.25) is 4.79 Å². The maximum Gasteiger partial charge on any atom is 0.278 e. The van der Waals surface area contributed by atoms with Crippen LogP contribution in [0.5, 0.6) is 5.75 Å². The van der Waals surface area contributed by atoms with Crippen molar-refractivity contribution in [2.24, 2.45) is 0 Å². The van der Waals surface area contributed by atoms with Crippen molar-refractivity contribution in [1.29, 1.82) is 0 Å². The van der Waals surface area contributed by atoms with Gasteiger partial charge in [0.2, 0.25) is 0 Å². The molecule has 25 heavy (non-hydrogen) atoms. The number of para-hydroxylation sites is 1. The fraction of sp³-hybridized carbons (Fsp3) is 0.211. The maximum absolute atomic E-state index is 12.6. The van der Waals surface area contributed by atoms with E-state index in [-0.39, 0.29) is 5.91 Å². The average molecular weight is 336 g/mol. The molecule has 0 aliphatic carbocycles. The van der Waals surface area contributed by atoms with Gasteiger partial charge < -0.3 is 10.1 Å². The summed E-state index contributed by atoms with van der Waals surface area (Å²) in [5, 5.41) is 11.1. The molecule has 0 spiro atoms. The van der Waals surface area contributed by atoms with Gasteiger partial charge in [0.25, 0.3) is 5.91 Å². The molecule has 0 saturated carbocycles. The van der Waals surface area contributed by atoms with E-state index >= 15 is 0 Å². The Bertz CT molecular complexity index is 893. The predicted octanol–water partition coefficient (Wildman–Crippen LogP) is 3.45. The van der Waals surface area contributed by atoms with E-state index in [1.54, 1.807) is 11.8 Å². The van der Waals surface area contributed by atoms with Crippen LogP contribution in [0.2, 0.25) is 0 Å². The minimum Gasteiger partial charge on any atom is -0.497 e. The molecule has 6 heteroatoms. The first-order valence-corrected chi connectivity index (χ1v) is 7.95. The van der Waals surface area contributed by atoms with E-state index in [1.165, 1.54) is 0 Å². The van der Waals surface area contributed by atoms with Gasteiger partial charge in [-0.05, 0) is 56.2 Å². The number of methoxy groups -OCH3 is 1. The van der Waals surface area contributed by atoms with E-state index in [1.807, 2.05) is 63.2 Å². The summed E-state index contributed by atoms with van der Waals surface area (Å²) < 4.78 is 6.80. The van der Waals surface area contributed by atoms with Crippen LogP contribution in [-0.2, 0) is 0 Å². The van der Waals surface area contributed by atoms with Gasteiger partial charge in [0.15, 0.2) is 5.69 Å². The standard InChI is InChI=1S/C19H20N4O2/c1-12-6-5-7-13(2)17(12)20-19(24)18-14(3)23(22-21-18)15-8-10-16(25-4)11-9-15/h5-11H,1-4H3,(H,20,24). The lowest BCUT2D eigenvalue weighted by molar-refractivity contribution is 0.102. The van der Waals surface area contributed by atoms with Crippen molar-refractivity contribution in [2.75, 3.05) is 12.4 Å². The summed E-state index contributed by atoms with van der Waals surface area (Å²) >= 11 is 0. The van der Waals surface area contributed by atoms with Crippen molar-refractivity contribution in [3.63, 3.8) is 0 Å². The summed E-state index contributed by atoms with van der Waals surface area (Å²) in [5.74, 6) is 0.490. The first kappa shape index (κ1) is 16.7. The number of aromatic nitrogens is 3. The number of carbonyl (C=O) groups excluding carboxylic acids is 1. The number of amides is 1. The molecule has 0 aliphatic heterocycles. The lowest BCUT2D eigenvalue weighted by Gasteiger charge is -2.10. The Morgan fingerprint density at radius 1 is 1.04 bits per heavy atom. The molecule has 0 fully saturated rings. The fourth-order valence-electron chi connectivity index (χ4n) is 2.69. The van der Waals surface area contributed by atoms with Crippen LogP contribution in [-0.4, -0.2) is 28.0 Å². The molecule has 0 unspecified atom stereocenters. The number of benzene rings is 2. The van der Waals surface area contributed by atoms with Crippen molar-refractivity contribution in [1.82, 2.24) is 15.0 Å². The molecule has 1 heterocycles. The number of nitrogens with zero attached hydrogens (tertiary/aromatic N) is 3. The summed E-state index contributed by atoms with van der Waals surface area (Å²) in [5.41, 5.74) is 4.62. The molecule has 1 N–H and O–H groups in total. The molecule has 0 bridgehead atoms. The number of nitrogens with one attached hydrogen (secondary N) is 1. The van der Waals surface area contributed by atoms with Gasteiger partial charge in [0.05, 0.1) is 18.5 Å². The predicted molar refractivity (Wildman–Crippen MR) is 96.5 cm³/mol. The summed E-state index contributed by atoms with van der Waals surface area (Å²) in [6.45, 7) is 5.75. The molecule has 1 amide bonds. The number of ether oxygens (including phenoxy) is 1. The second-order valence-corrected chi connectivity index (χ2v) is 5.85. The highest BCUT2D eigenvalue weighted by atomic mass is 16.5. The van der Waals surface area contributed by atoms with Crippen LogP contribution < -0.4 is 10.1 Å². The molecular weight excluding hydrogens is 316 g/mol. The average Bonchev–Trinajstić information content (AvgIpc) is 3.00. The van der Waals surface area contributed by atoms with Gasteiger partial charge in [-0.2, -0.15) is 0 Å². The molecule has 0 atom stereocenters. The van der Waals surface area contributed by atoms with E-state index in [4.69, 9.17) is 4.74 Å². The van der Waals surface area contributed by atoms with Crippen LogP contribution in [0.15, 0.2) is 42.5 Å². The molecule has 1 aromatic heterocycles. The minimum absolute atomic E-state index is 0.269. The van der Waals surface area contributed by atoms with Crippen LogP contribution in [0.4, 0.5) is 5.69 Å². The fourth-order valence-corrected chi connectivity index (χ4v) is 2.69. The Labute approximate surface area is 146 Å². The zero-order valence-electron chi connectivity index (χ0n) is 14.7. The highest BCUT2D eigenvalue weighted by molar-refractivity contribution is 6.04.